The van der Waals surface area contributed by atoms with E-state index in [1.807, 2.05) is 0 Å². The van der Waals surface area contributed by atoms with Gasteiger partial charge in [0.1, 0.15) is 11.4 Å². The Labute approximate surface area is 165 Å². The fraction of sp³-hybridized carbons (Fsp3) is 0.333. The van der Waals surface area contributed by atoms with Crippen molar-refractivity contribution in [3.8, 4) is 0 Å². The van der Waals surface area contributed by atoms with Crippen LogP contribution >= 0.6 is 12.6 Å². The number of hydrogen-bond donors (Lipinski definition) is 4. The van der Waals surface area contributed by atoms with Crippen LogP contribution in [0.5, 0.6) is 0 Å². The third-order valence-electron chi connectivity index (χ3n) is 3.70. The van der Waals surface area contributed by atoms with E-state index in [4.69, 9.17) is 5.41 Å². The molecule has 0 bridgehead atoms. The predicted octanol–water partition coefficient (Wildman–Crippen LogP) is 2.82. The molecule has 1 aliphatic rings. The van der Waals surface area contributed by atoms with Crippen molar-refractivity contribution in [3.05, 3.63) is 53.0 Å². The second-order valence-electron chi connectivity index (χ2n) is 6.44. The highest BCUT2D eigenvalue weighted by Gasteiger charge is 2.33. The summed E-state index contributed by atoms with van der Waals surface area (Å²) in [4.78, 5) is 20.0. The summed E-state index contributed by atoms with van der Waals surface area (Å²) in [6, 6.07) is 3.00. The van der Waals surface area contributed by atoms with E-state index in [9.17, 15) is 23.1 Å². The van der Waals surface area contributed by atoms with Gasteiger partial charge in [0, 0.05) is 23.6 Å². The quantitative estimate of drug-likeness (QED) is 0.442. The maximum absolute atomic E-state index is 12.8. The number of carbonyl (C=O) groups is 1. The minimum absolute atomic E-state index is 0.0362. The summed E-state index contributed by atoms with van der Waals surface area (Å²) in [6.45, 7) is 3.26. The monoisotopic (exact) mass is 412 g/mol. The zero-order valence-electron chi connectivity index (χ0n) is 15.1. The lowest BCUT2D eigenvalue weighted by Gasteiger charge is -2.27. The summed E-state index contributed by atoms with van der Waals surface area (Å²) in [6.07, 6.45) is -1.93. The largest absolute Gasteiger partial charge is 0.433 e. The summed E-state index contributed by atoms with van der Waals surface area (Å²) in [5.74, 6) is -0.433. The highest BCUT2D eigenvalue weighted by atomic mass is 32.1. The standard InChI is InChI=1S/C18H19F3N4O2S/c1-17(2,27)10-8-11(22)14(23-6-7-28)9-13(10)25-16(26)12-4-3-5-15(24-12)18(19,20)21/h3-5,8-9,22,27-28H,6-7H2,1-2H3,(H,25,26)/b22-11?,23-14+. The number of thiol groups is 1. The van der Waals surface area contributed by atoms with Gasteiger partial charge in [0.2, 0.25) is 0 Å². The zero-order valence-corrected chi connectivity index (χ0v) is 16.0. The van der Waals surface area contributed by atoms with Gasteiger partial charge in [0.25, 0.3) is 5.91 Å². The van der Waals surface area contributed by atoms with Crippen molar-refractivity contribution in [3.63, 3.8) is 0 Å². The number of aliphatic imine (C=N–C) groups is 1. The highest BCUT2D eigenvalue weighted by molar-refractivity contribution is 7.80. The number of halogens is 3. The molecule has 1 aromatic rings. The molecule has 0 fully saturated rings. The molecule has 1 heterocycles. The zero-order chi connectivity index (χ0) is 21.1. The first-order valence-corrected chi connectivity index (χ1v) is 8.83. The number of aromatic nitrogens is 1. The molecule has 10 heteroatoms. The molecule has 6 nitrogen and oxygen atoms in total. The van der Waals surface area contributed by atoms with Gasteiger partial charge in [-0.1, -0.05) is 6.07 Å². The Morgan fingerprint density at radius 2 is 2.00 bits per heavy atom. The SMILES string of the molecule is CC(C)(O)C1=CC(=N)/C(=N/CCS)C=C1NC(=O)c1cccc(C(F)(F)F)n1. The Morgan fingerprint density at radius 1 is 1.32 bits per heavy atom. The van der Waals surface area contributed by atoms with Crippen LogP contribution in [0.3, 0.4) is 0 Å². The molecule has 0 saturated carbocycles. The van der Waals surface area contributed by atoms with E-state index in [1.54, 1.807) is 0 Å². The lowest BCUT2D eigenvalue weighted by Crippen LogP contribution is -2.36. The molecule has 2 rings (SSSR count). The van der Waals surface area contributed by atoms with Gasteiger partial charge in [-0.2, -0.15) is 25.8 Å². The third kappa shape index (κ3) is 5.29. The van der Waals surface area contributed by atoms with E-state index in [0.29, 0.717) is 12.3 Å². The minimum Gasteiger partial charge on any atom is -0.386 e. The lowest BCUT2D eigenvalue weighted by atomic mass is 9.88. The van der Waals surface area contributed by atoms with Crippen molar-refractivity contribution < 1.29 is 23.1 Å². The first-order chi connectivity index (χ1) is 12.9. The van der Waals surface area contributed by atoms with Crippen LogP contribution in [0.15, 0.2) is 46.6 Å². The van der Waals surface area contributed by atoms with E-state index in [-0.39, 0.29) is 22.7 Å². The number of pyridine rings is 1. The van der Waals surface area contributed by atoms with E-state index in [1.165, 1.54) is 26.0 Å². The van der Waals surface area contributed by atoms with Crippen LogP contribution in [-0.4, -0.2) is 45.3 Å². The average Bonchev–Trinajstić information content (AvgIpc) is 2.60. The van der Waals surface area contributed by atoms with Crippen molar-refractivity contribution in [1.82, 2.24) is 10.3 Å². The molecule has 0 aromatic carbocycles. The van der Waals surface area contributed by atoms with Gasteiger partial charge in [-0.15, -0.1) is 0 Å². The molecule has 0 saturated heterocycles. The van der Waals surface area contributed by atoms with Crippen LogP contribution in [-0.2, 0) is 6.18 Å². The van der Waals surface area contributed by atoms with Crippen molar-refractivity contribution in [2.45, 2.75) is 25.6 Å². The summed E-state index contributed by atoms with van der Waals surface area (Å²) in [5, 5.41) is 20.8. The Hall–Kier alpha value is -2.46. The number of nitrogens with zero attached hydrogens (tertiary/aromatic N) is 2. The van der Waals surface area contributed by atoms with Crippen molar-refractivity contribution >= 4 is 30.0 Å². The first-order valence-electron chi connectivity index (χ1n) is 8.20. The van der Waals surface area contributed by atoms with E-state index >= 15 is 0 Å². The Bertz CT molecular complexity index is 884. The molecule has 1 aliphatic carbocycles. The number of aliphatic hydroxyl groups is 1. The van der Waals surface area contributed by atoms with Gasteiger partial charge in [-0.25, -0.2) is 4.98 Å². The van der Waals surface area contributed by atoms with Crippen LogP contribution in [0.25, 0.3) is 0 Å². The number of amides is 1. The van der Waals surface area contributed by atoms with Gasteiger partial charge in [-0.05, 0) is 38.1 Å². The number of allylic oxidation sites excluding steroid dienone is 2. The lowest BCUT2D eigenvalue weighted by molar-refractivity contribution is -0.141. The number of nitrogens with one attached hydrogen (secondary N) is 2. The molecule has 150 valence electrons. The van der Waals surface area contributed by atoms with Gasteiger partial charge in [0.05, 0.1) is 17.0 Å². The van der Waals surface area contributed by atoms with Gasteiger partial charge >= 0.3 is 6.18 Å². The molecule has 0 spiro atoms. The molecular weight excluding hydrogens is 393 g/mol. The summed E-state index contributed by atoms with van der Waals surface area (Å²) in [5.41, 5.74) is -2.38. The Kier molecular flexibility index (Phi) is 6.45. The first kappa shape index (κ1) is 21.8. The van der Waals surface area contributed by atoms with Crippen molar-refractivity contribution in [2.75, 3.05) is 12.3 Å². The van der Waals surface area contributed by atoms with Crippen LogP contribution in [0.4, 0.5) is 13.2 Å². The fourth-order valence-corrected chi connectivity index (χ4v) is 2.50. The minimum atomic E-state index is -4.68. The number of hydrogen-bond acceptors (Lipinski definition) is 6. The number of alkyl halides is 3. The smallest absolute Gasteiger partial charge is 0.386 e. The molecule has 0 aliphatic heterocycles. The van der Waals surface area contributed by atoms with E-state index in [0.717, 1.165) is 18.2 Å². The molecule has 0 radical (unpaired) electrons. The van der Waals surface area contributed by atoms with Crippen LogP contribution < -0.4 is 5.32 Å². The van der Waals surface area contributed by atoms with Gasteiger partial charge in [-0.3, -0.25) is 15.2 Å². The van der Waals surface area contributed by atoms with E-state index < -0.39 is 29.1 Å². The molecular formula is C18H19F3N4O2S. The van der Waals surface area contributed by atoms with Crippen LogP contribution in [0.1, 0.15) is 30.0 Å². The third-order valence-corrected chi connectivity index (χ3v) is 3.90. The second-order valence-corrected chi connectivity index (χ2v) is 6.89. The highest BCUT2D eigenvalue weighted by Crippen LogP contribution is 2.28. The second kappa shape index (κ2) is 8.27. The Morgan fingerprint density at radius 3 is 2.57 bits per heavy atom. The summed E-state index contributed by atoms with van der Waals surface area (Å²) < 4.78 is 38.5. The van der Waals surface area contributed by atoms with Crippen LogP contribution in [0.2, 0.25) is 0 Å². The van der Waals surface area contributed by atoms with E-state index in [2.05, 4.69) is 27.9 Å². The summed E-state index contributed by atoms with van der Waals surface area (Å²) in [7, 11) is 0. The molecule has 3 N–H and O–H groups in total. The van der Waals surface area contributed by atoms with Crippen molar-refractivity contribution in [2.24, 2.45) is 4.99 Å². The maximum Gasteiger partial charge on any atom is 0.433 e. The molecule has 28 heavy (non-hydrogen) atoms. The number of carbonyl (C=O) groups excluding carboxylic acids is 1. The maximum atomic E-state index is 12.8. The fourth-order valence-electron chi connectivity index (χ4n) is 2.40. The van der Waals surface area contributed by atoms with Gasteiger partial charge in [0.15, 0.2) is 0 Å². The Balaban J connectivity index is 2.38. The van der Waals surface area contributed by atoms with Crippen LogP contribution in [0, 0.1) is 5.41 Å². The normalized spacial score (nSPS) is 16.7. The van der Waals surface area contributed by atoms with Crippen molar-refractivity contribution in [1.29, 1.82) is 5.41 Å². The molecule has 0 unspecified atom stereocenters. The molecule has 1 amide bonds. The summed E-state index contributed by atoms with van der Waals surface area (Å²) >= 11 is 4.05. The number of rotatable bonds is 5. The van der Waals surface area contributed by atoms with Gasteiger partial charge < -0.3 is 10.4 Å². The predicted molar refractivity (Wildman–Crippen MR) is 103 cm³/mol. The average molecular weight is 412 g/mol. The topological polar surface area (TPSA) is 98.4 Å². The molecule has 0 atom stereocenters. The molecule has 1 aromatic heterocycles.